The Morgan fingerprint density at radius 1 is 1.30 bits per heavy atom. The van der Waals surface area contributed by atoms with Crippen molar-refractivity contribution >= 4 is 5.97 Å². The molecule has 0 spiro atoms. The summed E-state index contributed by atoms with van der Waals surface area (Å²) >= 11 is 0. The van der Waals surface area contributed by atoms with Gasteiger partial charge in [0.25, 0.3) is 0 Å². The Morgan fingerprint density at radius 2 is 2.17 bits per heavy atom. The molecule has 1 aliphatic heterocycles. The van der Waals surface area contributed by atoms with Crippen LogP contribution in [-0.4, -0.2) is 37.3 Å². The number of aryl methyl sites for hydroxylation is 3. The number of aromatic nitrogens is 3. The molecule has 0 saturated carbocycles. The van der Waals surface area contributed by atoms with Crippen molar-refractivity contribution in [2.45, 2.75) is 45.8 Å². The standard InChI is InChI=1S/C17H22N4O2/c1-13-4-2-5-15(18-13)11-20-8-3-9-21-16(12-20)10-14(19-21)6-7-17(22)23/h2,4-5,10H,3,6-9,11-12H2,1H3,(H,22,23). The Morgan fingerprint density at radius 3 is 2.96 bits per heavy atom. The van der Waals surface area contributed by atoms with Crippen LogP contribution >= 0.6 is 0 Å². The minimum absolute atomic E-state index is 0.132. The number of pyridine rings is 1. The van der Waals surface area contributed by atoms with E-state index in [1.165, 1.54) is 0 Å². The molecule has 0 aromatic carbocycles. The highest BCUT2D eigenvalue weighted by Gasteiger charge is 2.17. The Kier molecular flexibility index (Phi) is 4.71. The van der Waals surface area contributed by atoms with Gasteiger partial charge in [0.2, 0.25) is 0 Å². The second-order valence-electron chi connectivity index (χ2n) is 6.08. The van der Waals surface area contributed by atoms with Crippen molar-refractivity contribution in [3.63, 3.8) is 0 Å². The zero-order valence-electron chi connectivity index (χ0n) is 13.4. The molecule has 122 valence electrons. The fraction of sp³-hybridized carbons (Fsp3) is 0.471. The monoisotopic (exact) mass is 314 g/mol. The molecule has 0 saturated heterocycles. The molecule has 0 bridgehead atoms. The van der Waals surface area contributed by atoms with Crippen LogP contribution in [0.2, 0.25) is 0 Å². The van der Waals surface area contributed by atoms with Gasteiger partial charge in [0.05, 0.1) is 23.5 Å². The third-order valence-electron chi connectivity index (χ3n) is 4.07. The maximum Gasteiger partial charge on any atom is 0.303 e. The second kappa shape index (κ2) is 6.91. The number of aliphatic carboxylic acids is 1. The normalized spacial score (nSPS) is 15.2. The van der Waals surface area contributed by atoms with E-state index >= 15 is 0 Å². The minimum atomic E-state index is -0.777. The summed E-state index contributed by atoms with van der Waals surface area (Å²) in [4.78, 5) is 17.7. The molecule has 23 heavy (non-hydrogen) atoms. The van der Waals surface area contributed by atoms with Gasteiger partial charge >= 0.3 is 5.97 Å². The lowest BCUT2D eigenvalue weighted by Crippen LogP contribution is -2.23. The summed E-state index contributed by atoms with van der Waals surface area (Å²) in [5.74, 6) is -0.777. The second-order valence-corrected chi connectivity index (χ2v) is 6.08. The van der Waals surface area contributed by atoms with E-state index in [9.17, 15) is 4.79 Å². The summed E-state index contributed by atoms with van der Waals surface area (Å²) < 4.78 is 2.03. The van der Waals surface area contributed by atoms with E-state index in [2.05, 4.69) is 21.0 Å². The smallest absolute Gasteiger partial charge is 0.303 e. The van der Waals surface area contributed by atoms with Crippen LogP contribution in [0.5, 0.6) is 0 Å². The van der Waals surface area contributed by atoms with Gasteiger partial charge in [-0.05, 0) is 31.5 Å². The van der Waals surface area contributed by atoms with Crippen molar-refractivity contribution in [2.24, 2.45) is 0 Å². The first kappa shape index (κ1) is 15.7. The average Bonchev–Trinajstić information content (AvgIpc) is 2.78. The number of hydrogen-bond acceptors (Lipinski definition) is 4. The molecule has 0 radical (unpaired) electrons. The van der Waals surface area contributed by atoms with Gasteiger partial charge in [-0.1, -0.05) is 6.07 Å². The fourth-order valence-corrected chi connectivity index (χ4v) is 3.00. The molecule has 0 unspecified atom stereocenters. The molecule has 3 rings (SSSR count). The predicted molar refractivity (Wildman–Crippen MR) is 85.9 cm³/mol. The lowest BCUT2D eigenvalue weighted by molar-refractivity contribution is -0.136. The Hall–Kier alpha value is -2.21. The number of carboxylic acids is 1. The van der Waals surface area contributed by atoms with Gasteiger partial charge in [-0.2, -0.15) is 5.10 Å². The molecular weight excluding hydrogens is 292 g/mol. The number of fused-ring (bicyclic) bond motifs is 1. The number of hydrogen-bond donors (Lipinski definition) is 1. The zero-order valence-corrected chi connectivity index (χ0v) is 13.4. The molecule has 2 aromatic rings. The van der Waals surface area contributed by atoms with Crippen molar-refractivity contribution in [3.8, 4) is 0 Å². The van der Waals surface area contributed by atoms with Gasteiger partial charge in [-0.15, -0.1) is 0 Å². The predicted octanol–water partition coefficient (Wildman–Crippen LogP) is 2.01. The number of rotatable bonds is 5. The van der Waals surface area contributed by atoms with Crippen molar-refractivity contribution in [1.82, 2.24) is 19.7 Å². The van der Waals surface area contributed by atoms with Crippen LogP contribution < -0.4 is 0 Å². The summed E-state index contributed by atoms with van der Waals surface area (Å²) in [6, 6.07) is 8.16. The SMILES string of the molecule is Cc1cccc(CN2CCCn3nc(CCC(=O)O)cc3C2)n1. The molecule has 6 heteroatoms. The van der Waals surface area contributed by atoms with E-state index in [-0.39, 0.29) is 6.42 Å². The highest BCUT2D eigenvalue weighted by Crippen LogP contribution is 2.16. The summed E-state index contributed by atoms with van der Waals surface area (Å²) in [7, 11) is 0. The van der Waals surface area contributed by atoms with Crippen molar-refractivity contribution in [1.29, 1.82) is 0 Å². The van der Waals surface area contributed by atoms with Gasteiger partial charge in [0.15, 0.2) is 0 Å². The number of nitrogens with zero attached hydrogens (tertiary/aromatic N) is 4. The molecule has 2 aromatic heterocycles. The van der Waals surface area contributed by atoms with Gasteiger partial charge < -0.3 is 5.11 Å². The first-order valence-electron chi connectivity index (χ1n) is 8.02. The molecule has 0 amide bonds. The van der Waals surface area contributed by atoms with Gasteiger partial charge in [-0.3, -0.25) is 19.4 Å². The molecule has 1 aliphatic rings. The van der Waals surface area contributed by atoms with E-state index in [1.807, 2.05) is 29.8 Å². The summed E-state index contributed by atoms with van der Waals surface area (Å²) in [5.41, 5.74) is 4.16. The van der Waals surface area contributed by atoms with E-state index in [0.29, 0.717) is 6.42 Å². The first-order chi connectivity index (χ1) is 11.1. The minimum Gasteiger partial charge on any atom is -0.481 e. The largest absolute Gasteiger partial charge is 0.481 e. The van der Waals surface area contributed by atoms with Crippen LogP contribution in [0.1, 0.15) is 35.6 Å². The van der Waals surface area contributed by atoms with Crippen molar-refractivity contribution in [3.05, 3.63) is 47.0 Å². The summed E-state index contributed by atoms with van der Waals surface area (Å²) in [5, 5.41) is 13.4. The van der Waals surface area contributed by atoms with E-state index in [0.717, 1.165) is 55.4 Å². The van der Waals surface area contributed by atoms with E-state index < -0.39 is 5.97 Å². The lowest BCUT2D eigenvalue weighted by atomic mass is 10.2. The van der Waals surface area contributed by atoms with Crippen LogP contribution in [0, 0.1) is 6.92 Å². The molecular formula is C17H22N4O2. The highest BCUT2D eigenvalue weighted by molar-refractivity contribution is 5.66. The van der Waals surface area contributed by atoms with E-state index in [4.69, 9.17) is 5.11 Å². The first-order valence-corrected chi connectivity index (χ1v) is 8.02. The number of carbonyl (C=O) groups is 1. The van der Waals surface area contributed by atoms with Gasteiger partial charge in [0, 0.05) is 38.3 Å². The van der Waals surface area contributed by atoms with Crippen LogP contribution in [0.25, 0.3) is 0 Å². The molecule has 0 aliphatic carbocycles. The van der Waals surface area contributed by atoms with Crippen LogP contribution in [0.3, 0.4) is 0 Å². The zero-order chi connectivity index (χ0) is 16.2. The maximum atomic E-state index is 10.7. The molecule has 6 nitrogen and oxygen atoms in total. The third kappa shape index (κ3) is 4.16. The molecule has 3 heterocycles. The maximum absolute atomic E-state index is 10.7. The highest BCUT2D eigenvalue weighted by atomic mass is 16.4. The topological polar surface area (TPSA) is 71.2 Å². The lowest BCUT2D eigenvalue weighted by Gasteiger charge is -2.19. The Balaban J connectivity index is 1.68. The van der Waals surface area contributed by atoms with Gasteiger partial charge in [-0.25, -0.2) is 0 Å². The molecule has 0 atom stereocenters. The summed E-state index contributed by atoms with van der Waals surface area (Å²) in [6.45, 7) is 5.58. The van der Waals surface area contributed by atoms with E-state index in [1.54, 1.807) is 0 Å². The van der Waals surface area contributed by atoms with Crippen LogP contribution in [0.15, 0.2) is 24.3 Å². The molecule has 0 fully saturated rings. The Bertz CT molecular complexity index is 696. The fourth-order valence-electron chi connectivity index (χ4n) is 3.00. The Labute approximate surface area is 135 Å². The van der Waals surface area contributed by atoms with Crippen molar-refractivity contribution < 1.29 is 9.90 Å². The molecule has 1 N–H and O–H groups in total. The quantitative estimate of drug-likeness (QED) is 0.914. The third-order valence-corrected chi connectivity index (χ3v) is 4.07. The summed E-state index contributed by atoms with van der Waals surface area (Å²) in [6.07, 6.45) is 1.67. The van der Waals surface area contributed by atoms with Crippen molar-refractivity contribution in [2.75, 3.05) is 6.54 Å². The van der Waals surface area contributed by atoms with Gasteiger partial charge in [0.1, 0.15) is 0 Å². The van der Waals surface area contributed by atoms with Crippen LogP contribution in [0.4, 0.5) is 0 Å². The average molecular weight is 314 g/mol. The van der Waals surface area contributed by atoms with Crippen LogP contribution in [-0.2, 0) is 30.8 Å². The number of carboxylic acid groups (broad SMARTS) is 1.